The van der Waals surface area contributed by atoms with Gasteiger partial charge in [-0.25, -0.2) is 0 Å². The molecule has 5 rings (SSSR count). The summed E-state index contributed by atoms with van der Waals surface area (Å²) in [6, 6.07) is 17.7. The zero-order chi connectivity index (χ0) is 23.5. The van der Waals surface area contributed by atoms with Crippen molar-refractivity contribution in [2.45, 2.75) is 6.10 Å². The molecular weight excluding hydrogens is 454 g/mol. The summed E-state index contributed by atoms with van der Waals surface area (Å²) in [7, 11) is 0. The van der Waals surface area contributed by atoms with Crippen LogP contribution >= 0.6 is 11.3 Å². The van der Waals surface area contributed by atoms with Crippen LogP contribution in [-0.4, -0.2) is 66.4 Å². The van der Waals surface area contributed by atoms with Gasteiger partial charge in [-0.3, -0.25) is 14.4 Å². The summed E-state index contributed by atoms with van der Waals surface area (Å²) in [6.45, 7) is 1.84. The summed E-state index contributed by atoms with van der Waals surface area (Å²) in [5.41, 5.74) is 1.05. The van der Waals surface area contributed by atoms with Crippen LogP contribution < -0.4 is 14.8 Å². The second-order valence-corrected chi connectivity index (χ2v) is 8.94. The number of amides is 3. The van der Waals surface area contributed by atoms with Crippen molar-refractivity contribution in [2.75, 3.05) is 38.1 Å². The summed E-state index contributed by atoms with van der Waals surface area (Å²) in [4.78, 5) is 42.3. The van der Waals surface area contributed by atoms with Crippen molar-refractivity contribution in [2.24, 2.45) is 0 Å². The van der Waals surface area contributed by atoms with E-state index in [0.29, 0.717) is 53.8 Å². The van der Waals surface area contributed by atoms with Crippen molar-refractivity contribution in [3.05, 3.63) is 76.5 Å². The third-order valence-electron chi connectivity index (χ3n) is 5.77. The van der Waals surface area contributed by atoms with Gasteiger partial charge in [-0.1, -0.05) is 24.3 Å². The van der Waals surface area contributed by atoms with Crippen LogP contribution in [0.2, 0.25) is 0 Å². The van der Waals surface area contributed by atoms with E-state index >= 15 is 0 Å². The van der Waals surface area contributed by atoms with Crippen LogP contribution in [0.1, 0.15) is 20.0 Å². The first-order valence-electron chi connectivity index (χ1n) is 11.0. The minimum atomic E-state index is -0.694. The fraction of sp³-hybridized carbons (Fsp3) is 0.240. The fourth-order valence-electron chi connectivity index (χ4n) is 3.99. The molecule has 0 spiro atoms. The first-order valence-corrected chi connectivity index (χ1v) is 11.9. The first-order chi connectivity index (χ1) is 16.6. The highest BCUT2D eigenvalue weighted by Crippen LogP contribution is 2.31. The van der Waals surface area contributed by atoms with Gasteiger partial charge >= 0.3 is 0 Å². The minimum absolute atomic E-state index is 0.134. The number of carbonyl (C=O) groups is 3. The van der Waals surface area contributed by atoms with Gasteiger partial charge in [-0.2, -0.15) is 0 Å². The Morgan fingerprint density at radius 2 is 1.65 bits per heavy atom. The maximum atomic E-state index is 13.0. The average Bonchev–Trinajstić information content (AvgIpc) is 3.43. The van der Waals surface area contributed by atoms with Gasteiger partial charge < -0.3 is 24.6 Å². The number of nitrogens with zero attached hydrogens (tertiary/aromatic N) is 2. The number of carbonyl (C=O) groups excluding carboxylic acids is 3. The Balaban J connectivity index is 1.17. The molecule has 2 aliphatic heterocycles. The van der Waals surface area contributed by atoms with Crippen LogP contribution in [0, 0.1) is 0 Å². The zero-order valence-corrected chi connectivity index (χ0v) is 19.1. The number of thiophene rings is 1. The molecule has 1 atom stereocenters. The molecule has 0 bridgehead atoms. The van der Waals surface area contributed by atoms with E-state index < -0.39 is 6.10 Å². The lowest BCUT2D eigenvalue weighted by molar-refractivity contribution is -0.142. The van der Waals surface area contributed by atoms with E-state index in [0.717, 1.165) is 0 Å². The van der Waals surface area contributed by atoms with E-state index in [9.17, 15) is 14.4 Å². The molecule has 9 heteroatoms. The predicted molar refractivity (Wildman–Crippen MR) is 128 cm³/mol. The quantitative estimate of drug-likeness (QED) is 0.624. The molecule has 174 valence electrons. The molecule has 8 nitrogen and oxygen atoms in total. The Kier molecular flexibility index (Phi) is 6.18. The first kappa shape index (κ1) is 22.0. The van der Waals surface area contributed by atoms with Crippen molar-refractivity contribution in [3.8, 4) is 11.5 Å². The average molecular weight is 478 g/mol. The van der Waals surface area contributed by atoms with Crippen LogP contribution in [0.5, 0.6) is 11.5 Å². The summed E-state index contributed by atoms with van der Waals surface area (Å²) < 4.78 is 11.5. The Morgan fingerprint density at radius 1 is 0.882 bits per heavy atom. The molecule has 1 aromatic heterocycles. The predicted octanol–water partition coefficient (Wildman–Crippen LogP) is 3.12. The van der Waals surface area contributed by atoms with E-state index in [1.165, 1.54) is 11.3 Å². The van der Waals surface area contributed by atoms with Crippen molar-refractivity contribution < 1.29 is 23.9 Å². The highest BCUT2D eigenvalue weighted by molar-refractivity contribution is 7.12. The summed E-state index contributed by atoms with van der Waals surface area (Å²) >= 11 is 1.36. The topological polar surface area (TPSA) is 88.2 Å². The molecule has 2 aliphatic rings. The number of para-hydroxylation sites is 2. The van der Waals surface area contributed by atoms with Crippen LogP contribution in [0.3, 0.4) is 0 Å². The summed E-state index contributed by atoms with van der Waals surface area (Å²) in [5, 5.41) is 4.67. The lowest BCUT2D eigenvalue weighted by atomic mass is 10.1. The maximum absolute atomic E-state index is 13.0. The van der Waals surface area contributed by atoms with Gasteiger partial charge in [0.15, 0.2) is 11.5 Å². The molecule has 1 saturated heterocycles. The molecule has 0 radical (unpaired) electrons. The van der Waals surface area contributed by atoms with E-state index in [-0.39, 0.29) is 24.3 Å². The van der Waals surface area contributed by atoms with Crippen LogP contribution in [0.25, 0.3) is 0 Å². The lowest BCUT2D eigenvalue weighted by Gasteiger charge is -2.37. The van der Waals surface area contributed by atoms with E-state index in [4.69, 9.17) is 9.47 Å². The number of ether oxygens (including phenoxy) is 2. The largest absolute Gasteiger partial charge is 0.485 e. The van der Waals surface area contributed by atoms with Crippen molar-refractivity contribution in [1.82, 2.24) is 9.80 Å². The second-order valence-electron chi connectivity index (χ2n) is 7.99. The van der Waals surface area contributed by atoms with E-state index in [2.05, 4.69) is 5.32 Å². The molecule has 3 amide bonds. The van der Waals surface area contributed by atoms with E-state index in [1.54, 1.807) is 46.2 Å². The molecule has 34 heavy (non-hydrogen) atoms. The van der Waals surface area contributed by atoms with E-state index in [1.807, 2.05) is 29.6 Å². The lowest BCUT2D eigenvalue weighted by Crippen LogP contribution is -2.55. The number of hydrogen-bond donors (Lipinski definition) is 1. The normalized spacial score (nSPS) is 17.2. The zero-order valence-electron chi connectivity index (χ0n) is 18.3. The molecule has 1 N–H and O–H groups in total. The Bertz CT molecular complexity index is 1200. The Hall–Kier alpha value is -3.85. The smallest absolute Gasteiger partial charge is 0.267 e. The number of hydrogen-bond acceptors (Lipinski definition) is 6. The third-order valence-corrected chi connectivity index (χ3v) is 6.64. The van der Waals surface area contributed by atoms with Crippen molar-refractivity contribution >= 4 is 34.7 Å². The monoisotopic (exact) mass is 477 g/mol. The summed E-state index contributed by atoms with van der Waals surface area (Å²) in [6.07, 6.45) is -0.694. The number of fused-ring (bicyclic) bond motifs is 1. The van der Waals surface area contributed by atoms with Gasteiger partial charge in [-0.05, 0) is 41.8 Å². The summed E-state index contributed by atoms with van der Waals surface area (Å²) in [5.74, 6) is 0.719. The molecular formula is C25H23N3O5S. The number of piperazine rings is 1. The third kappa shape index (κ3) is 4.60. The molecule has 0 aliphatic carbocycles. The number of anilines is 1. The second kappa shape index (κ2) is 9.56. The molecule has 2 aromatic carbocycles. The van der Waals surface area contributed by atoms with Gasteiger partial charge in [-0.15, -0.1) is 11.3 Å². The van der Waals surface area contributed by atoms with Crippen molar-refractivity contribution in [3.63, 3.8) is 0 Å². The minimum Gasteiger partial charge on any atom is -0.485 e. The van der Waals surface area contributed by atoms with Gasteiger partial charge in [0.05, 0.1) is 4.88 Å². The van der Waals surface area contributed by atoms with Gasteiger partial charge in [0.1, 0.15) is 6.61 Å². The molecule has 0 saturated carbocycles. The van der Waals surface area contributed by atoms with Crippen LogP contribution in [0.15, 0.2) is 66.0 Å². The Morgan fingerprint density at radius 3 is 2.41 bits per heavy atom. The molecule has 3 aromatic rings. The van der Waals surface area contributed by atoms with Gasteiger partial charge in [0.2, 0.25) is 6.10 Å². The van der Waals surface area contributed by atoms with Crippen LogP contribution in [-0.2, 0) is 4.79 Å². The molecule has 1 unspecified atom stereocenters. The highest BCUT2D eigenvalue weighted by atomic mass is 32.1. The van der Waals surface area contributed by atoms with Crippen molar-refractivity contribution in [1.29, 1.82) is 0 Å². The standard InChI is InChI=1S/C25H23N3O5S/c29-23(22-9-4-14-34-22)26-18-6-3-5-17(15-18)24(30)27-10-12-28(13-11-27)25(31)21-16-32-19-7-1-2-8-20(19)33-21/h1-9,14-15,21H,10-13,16H2,(H,26,29). The maximum Gasteiger partial charge on any atom is 0.267 e. The molecule has 1 fully saturated rings. The fourth-order valence-corrected chi connectivity index (χ4v) is 4.61. The number of benzene rings is 2. The van der Waals surface area contributed by atoms with Gasteiger partial charge in [0, 0.05) is 37.4 Å². The van der Waals surface area contributed by atoms with Crippen LogP contribution in [0.4, 0.5) is 5.69 Å². The number of rotatable bonds is 4. The SMILES string of the molecule is O=C(Nc1cccc(C(=O)N2CCN(C(=O)C3COc4ccccc4O3)CC2)c1)c1cccs1. The number of nitrogens with one attached hydrogen (secondary N) is 1. The van der Waals surface area contributed by atoms with Gasteiger partial charge in [0.25, 0.3) is 17.7 Å². The highest BCUT2D eigenvalue weighted by Gasteiger charge is 2.33. The molecule has 3 heterocycles. The Labute approximate surface area is 200 Å².